The summed E-state index contributed by atoms with van der Waals surface area (Å²) in [5.74, 6) is -1.40. The van der Waals surface area contributed by atoms with E-state index in [1.165, 1.54) is 38.1 Å². The van der Waals surface area contributed by atoms with Crippen molar-refractivity contribution in [1.29, 1.82) is 0 Å². The average Bonchev–Trinajstić information content (AvgIpc) is 2.57. The Morgan fingerprint density at radius 3 is 1.92 bits per heavy atom. The van der Waals surface area contributed by atoms with Gasteiger partial charge in [-0.3, -0.25) is 14.4 Å². The highest BCUT2D eigenvalue weighted by Gasteiger charge is 2.08. The van der Waals surface area contributed by atoms with E-state index in [0.29, 0.717) is 16.9 Å². The molecule has 0 aliphatic carbocycles. The Morgan fingerprint density at radius 2 is 1.36 bits per heavy atom. The van der Waals surface area contributed by atoms with Crippen molar-refractivity contribution < 1.29 is 18.8 Å². The Morgan fingerprint density at radius 1 is 0.840 bits per heavy atom. The lowest BCUT2D eigenvalue weighted by Gasteiger charge is -2.06. The molecule has 5 nitrogen and oxygen atoms in total. The van der Waals surface area contributed by atoms with Crippen molar-refractivity contribution in [1.82, 2.24) is 0 Å². The summed E-state index contributed by atoms with van der Waals surface area (Å²) in [5.41, 5.74) is 1.68. The molecule has 2 amide bonds. The number of ketones is 1. The smallest absolute Gasteiger partial charge is 0.251 e. The Bertz CT molecular complexity index is 825. The van der Waals surface area contributed by atoms with Crippen LogP contribution < -0.4 is 10.6 Å². The quantitative estimate of drug-likeness (QED) is 0.645. The van der Waals surface area contributed by atoms with E-state index in [1.807, 2.05) is 0 Å². The van der Waals surface area contributed by atoms with Crippen molar-refractivity contribution in [3.8, 4) is 0 Å². The summed E-state index contributed by atoms with van der Waals surface area (Å²) in [6.07, 6.45) is 1.16. The first-order valence-corrected chi connectivity index (χ1v) is 7.52. The molecule has 0 fully saturated rings. The highest BCUT2D eigenvalue weighted by atomic mass is 19.1. The number of hydrogen-bond acceptors (Lipinski definition) is 3. The minimum atomic E-state index is -0.470. The molecule has 0 atom stereocenters. The van der Waals surface area contributed by atoms with Crippen LogP contribution in [0.3, 0.4) is 0 Å². The van der Waals surface area contributed by atoms with Crippen LogP contribution in [0.2, 0.25) is 0 Å². The maximum absolute atomic E-state index is 12.8. The van der Waals surface area contributed by atoms with Gasteiger partial charge >= 0.3 is 0 Å². The van der Waals surface area contributed by atoms with Gasteiger partial charge in [-0.15, -0.1) is 0 Å². The van der Waals surface area contributed by atoms with Gasteiger partial charge in [0.25, 0.3) is 5.91 Å². The van der Waals surface area contributed by atoms with E-state index in [9.17, 15) is 18.8 Å². The minimum Gasteiger partial charge on any atom is -0.323 e. The fourth-order valence-corrected chi connectivity index (χ4v) is 1.99. The summed E-state index contributed by atoms with van der Waals surface area (Å²) < 4.78 is 12.8. The van der Waals surface area contributed by atoms with E-state index in [-0.39, 0.29) is 11.4 Å². The number of carbonyl (C=O) groups excluding carboxylic acids is 3. The third-order valence-corrected chi connectivity index (χ3v) is 3.37. The van der Waals surface area contributed by atoms with Crippen LogP contribution in [0, 0.1) is 5.82 Å². The van der Waals surface area contributed by atoms with Crippen molar-refractivity contribution in [3.05, 3.63) is 71.6 Å². The molecule has 128 valence electrons. The zero-order valence-electron chi connectivity index (χ0n) is 13.8. The highest BCUT2D eigenvalue weighted by Crippen LogP contribution is 2.12. The van der Waals surface area contributed by atoms with Gasteiger partial charge in [-0.1, -0.05) is 0 Å². The zero-order chi connectivity index (χ0) is 18.4. The molecule has 6 heteroatoms. The number of carbonyl (C=O) groups is 3. The van der Waals surface area contributed by atoms with Crippen LogP contribution in [-0.2, 0) is 9.59 Å². The second-order valence-corrected chi connectivity index (χ2v) is 5.41. The van der Waals surface area contributed by atoms with Gasteiger partial charge in [0, 0.05) is 28.6 Å². The second kappa shape index (κ2) is 8.01. The molecule has 0 spiro atoms. The number of anilines is 2. The number of benzene rings is 2. The van der Waals surface area contributed by atoms with E-state index < -0.39 is 17.6 Å². The number of amides is 2. The lowest BCUT2D eigenvalue weighted by molar-refractivity contribution is -0.114. The molecule has 0 saturated carbocycles. The predicted octanol–water partition coefficient (Wildman–Crippen LogP) is 3.55. The number of Topliss-reactive ketones (excluding diaryl/α,β-unsaturated/α-hetero) is 1. The molecule has 2 N–H and O–H groups in total. The first-order chi connectivity index (χ1) is 11.8. The highest BCUT2D eigenvalue weighted by molar-refractivity contribution is 6.10. The molecule has 2 aromatic rings. The first kappa shape index (κ1) is 18.1. The molecule has 0 radical (unpaired) electrons. The SMILES string of the molecule is CC(=O)c1ccc(NC(=O)/C=C(/C)C(=O)Nc2ccc(F)cc2)cc1. The molecule has 0 aliphatic rings. The lowest BCUT2D eigenvalue weighted by Crippen LogP contribution is -2.16. The van der Waals surface area contributed by atoms with Crippen molar-refractivity contribution in [3.63, 3.8) is 0 Å². The largest absolute Gasteiger partial charge is 0.323 e. The lowest BCUT2D eigenvalue weighted by atomic mass is 10.1. The molecule has 0 aromatic heterocycles. The van der Waals surface area contributed by atoms with Crippen LogP contribution in [0.5, 0.6) is 0 Å². The summed E-state index contributed by atoms with van der Waals surface area (Å²) in [5, 5.41) is 5.18. The molecule has 25 heavy (non-hydrogen) atoms. The van der Waals surface area contributed by atoms with E-state index in [0.717, 1.165) is 6.08 Å². The van der Waals surface area contributed by atoms with Crippen molar-refractivity contribution in [2.75, 3.05) is 10.6 Å². The van der Waals surface area contributed by atoms with Crippen LogP contribution in [0.1, 0.15) is 24.2 Å². The van der Waals surface area contributed by atoms with E-state index in [2.05, 4.69) is 10.6 Å². The summed E-state index contributed by atoms with van der Waals surface area (Å²) in [6.45, 7) is 2.96. The molecule has 0 bridgehead atoms. The maximum Gasteiger partial charge on any atom is 0.251 e. The van der Waals surface area contributed by atoms with Crippen LogP contribution >= 0.6 is 0 Å². The van der Waals surface area contributed by atoms with E-state index in [1.54, 1.807) is 24.3 Å². The Hall–Kier alpha value is -3.28. The topological polar surface area (TPSA) is 75.3 Å². The third kappa shape index (κ3) is 5.39. The standard InChI is InChI=1S/C19H17FN2O3/c1-12(19(25)22-17-9-5-15(20)6-10-17)11-18(24)21-16-7-3-14(4-8-16)13(2)23/h3-11H,1-2H3,(H,21,24)(H,22,25)/b12-11-. The number of halogens is 1. The molecule has 2 aromatic carbocycles. The molecular weight excluding hydrogens is 323 g/mol. The summed E-state index contributed by atoms with van der Waals surface area (Å²) in [6, 6.07) is 11.7. The molecule has 2 rings (SSSR count). The van der Waals surface area contributed by atoms with Gasteiger partial charge in [0.1, 0.15) is 5.82 Å². The van der Waals surface area contributed by atoms with Gasteiger partial charge in [-0.05, 0) is 62.4 Å². The number of hydrogen-bond donors (Lipinski definition) is 2. The van der Waals surface area contributed by atoms with Crippen LogP contribution in [0.4, 0.5) is 15.8 Å². The van der Waals surface area contributed by atoms with Crippen LogP contribution in [0.15, 0.2) is 60.2 Å². The molecular formula is C19H17FN2O3. The van der Waals surface area contributed by atoms with Gasteiger partial charge < -0.3 is 10.6 Å². The maximum atomic E-state index is 12.8. The van der Waals surface area contributed by atoms with Crippen LogP contribution in [0.25, 0.3) is 0 Å². The van der Waals surface area contributed by atoms with Crippen molar-refractivity contribution >= 4 is 29.0 Å². The zero-order valence-corrected chi connectivity index (χ0v) is 13.8. The molecule has 0 heterocycles. The number of nitrogens with one attached hydrogen (secondary N) is 2. The predicted molar refractivity (Wildman–Crippen MR) is 93.9 cm³/mol. The normalized spacial score (nSPS) is 10.9. The van der Waals surface area contributed by atoms with E-state index in [4.69, 9.17) is 0 Å². The summed E-state index contributed by atoms with van der Waals surface area (Å²) in [7, 11) is 0. The van der Waals surface area contributed by atoms with Crippen LogP contribution in [-0.4, -0.2) is 17.6 Å². The Balaban J connectivity index is 1.97. The molecule has 0 aliphatic heterocycles. The molecule has 0 unspecified atom stereocenters. The van der Waals surface area contributed by atoms with Gasteiger partial charge in [0.05, 0.1) is 0 Å². The van der Waals surface area contributed by atoms with Gasteiger partial charge in [-0.2, -0.15) is 0 Å². The summed E-state index contributed by atoms with van der Waals surface area (Å²) >= 11 is 0. The second-order valence-electron chi connectivity index (χ2n) is 5.41. The monoisotopic (exact) mass is 340 g/mol. The van der Waals surface area contributed by atoms with Crippen molar-refractivity contribution in [2.45, 2.75) is 13.8 Å². The van der Waals surface area contributed by atoms with Gasteiger partial charge in [0.15, 0.2) is 5.78 Å². The minimum absolute atomic E-state index is 0.0638. The van der Waals surface area contributed by atoms with Gasteiger partial charge in [-0.25, -0.2) is 4.39 Å². The third-order valence-electron chi connectivity index (χ3n) is 3.37. The number of rotatable bonds is 5. The Kier molecular flexibility index (Phi) is 5.79. The van der Waals surface area contributed by atoms with E-state index >= 15 is 0 Å². The average molecular weight is 340 g/mol. The first-order valence-electron chi connectivity index (χ1n) is 7.52. The fourth-order valence-electron chi connectivity index (χ4n) is 1.99. The van der Waals surface area contributed by atoms with Crippen molar-refractivity contribution in [2.24, 2.45) is 0 Å². The van der Waals surface area contributed by atoms with Gasteiger partial charge in [0.2, 0.25) is 5.91 Å². The summed E-state index contributed by atoms with van der Waals surface area (Å²) in [4.78, 5) is 35.2. The Labute approximate surface area is 144 Å². The molecule has 0 saturated heterocycles. The fraction of sp³-hybridized carbons (Fsp3) is 0.105.